The third-order valence-electron chi connectivity index (χ3n) is 3.66. The molecule has 0 aliphatic carbocycles. The van der Waals surface area contributed by atoms with E-state index in [4.69, 9.17) is 0 Å². The molecule has 3 N–H and O–H groups in total. The van der Waals surface area contributed by atoms with Crippen LogP contribution in [0, 0.1) is 11.3 Å². The fourth-order valence-electron chi connectivity index (χ4n) is 2.32. The molecule has 0 saturated carbocycles. The van der Waals surface area contributed by atoms with E-state index < -0.39 is 5.91 Å². The van der Waals surface area contributed by atoms with E-state index in [9.17, 15) is 20.0 Å². The van der Waals surface area contributed by atoms with E-state index in [1.54, 1.807) is 32.0 Å². The van der Waals surface area contributed by atoms with Gasteiger partial charge in [-0.1, -0.05) is 34.9 Å². The predicted molar refractivity (Wildman–Crippen MR) is 109 cm³/mol. The molecule has 0 aliphatic rings. The first-order valence-electron chi connectivity index (χ1n) is 8.64. The topological polar surface area (TPSA) is 107 Å². The first kappa shape index (κ1) is 21.0. The minimum absolute atomic E-state index is 0.0621. The molecular weight excluding hydrogens is 376 g/mol. The van der Waals surface area contributed by atoms with Crippen molar-refractivity contribution in [2.45, 2.75) is 27.0 Å². The van der Waals surface area contributed by atoms with Gasteiger partial charge in [-0.05, 0) is 31.5 Å². The first-order chi connectivity index (χ1) is 13.5. The zero-order valence-corrected chi connectivity index (χ0v) is 16.4. The third-order valence-corrected chi connectivity index (χ3v) is 4.67. The molecule has 0 atom stereocenters. The van der Waals surface area contributed by atoms with Crippen LogP contribution >= 0.6 is 11.3 Å². The summed E-state index contributed by atoms with van der Waals surface area (Å²) in [5, 5.41) is 23.9. The zero-order valence-electron chi connectivity index (χ0n) is 15.6. The van der Waals surface area contributed by atoms with Crippen LogP contribution in [0.15, 0.2) is 40.8 Å². The van der Waals surface area contributed by atoms with Crippen molar-refractivity contribution >= 4 is 34.4 Å². The van der Waals surface area contributed by atoms with Crippen LogP contribution in [0.1, 0.15) is 19.4 Å². The van der Waals surface area contributed by atoms with Crippen molar-refractivity contribution in [2.24, 2.45) is 0 Å². The smallest absolute Gasteiger partial charge is 0.277 e. The lowest BCUT2D eigenvalue weighted by Crippen LogP contribution is -2.30. The quantitative estimate of drug-likeness (QED) is 0.484. The van der Waals surface area contributed by atoms with E-state index in [2.05, 4.69) is 22.1 Å². The summed E-state index contributed by atoms with van der Waals surface area (Å²) in [4.78, 5) is 24.4. The molecule has 28 heavy (non-hydrogen) atoms. The molecule has 0 aliphatic heterocycles. The van der Waals surface area contributed by atoms with Gasteiger partial charge in [-0.15, -0.1) is 0 Å². The average molecular weight is 396 g/mol. The molecule has 7 nitrogen and oxygen atoms in total. The number of thiazole rings is 1. The van der Waals surface area contributed by atoms with Crippen LogP contribution in [0.3, 0.4) is 0 Å². The summed E-state index contributed by atoms with van der Waals surface area (Å²) in [6.07, 6.45) is 1.51. The van der Waals surface area contributed by atoms with E-state index in [1.165, 1.54) is 10.8 Å². The number of nitrogens with zero attached hydrogens (tertiary/aromatic N) is 2. The largest absolute Gasteiger partial charge is 0.392 e. The van der Waals surface area contributed by atoms with E-state index in [0.29, 0.717) is 22.3 Å². The van der Waals surface area contributed by atoms with Gasteiger partial charge < -0.3 is 15.7 Å². The van der Waals surface area contributed by atoms with E-state index in [1.807, 2.05) is 12.1 Å². The average Bonchev–Trinajstić information content (AvgIpc) is 3.00. The highest BCUT2D eigenvalue weighted by Crippen LogP contribution is 2.09. The molecule has 1 aromatic heterocycles. The van der Waals surface area contributed by atoms with Crippen molar-refractivity contribution in [1.82, 2.24) is 9.88 Å². The fourth-order valence-corrected chi connectivity index (χ4v) is 3.30. The summed E-state index contributed by atoms with van der Waals surface area (Å²) in [6, 6.07) is 9.02. The van der Waals surface area contributed by atoms with Gasteiger partial charge in [0, 0.05) is 25.0 Å². The number of carbonyl (C=O) groups excluding carboxylic acids is 1. The number of rotatable bonds is 6. The Hall–Kier alpha value is -3.33. The van der Waals surface area contributed by atoms with Crippen molar-refractivity contribution < 1.29 is 9.90 Å². The van der Waals surface area contributed by atoms with Gasteiger partial charge in [0.25, 0.3) is 11.5 Å². The summed E-state index contributed by atoms with van der Waals surface area (Å²) in [6.45, 7) is 4.25. The number of nitrogens with one attached hydrogen (secondary N) is 2. The molecule has 144 valence electrons. The van der Waals surface area contributed by atoms with Crippen LogP contribution in [-0.4, -0.2) is 22.1 Å². The Labute approximate surface area is 165 Å². The van der Waals surface area contributed by atoms with Crippen LogP contribution in [-0.2, 0) is 17.9 Å². The van der Waals surface area contributed by atoms with Crippen LogP contribution in [0.4, 0.5) is 5.69 Å². The standard InChI is InChI=1S/C20H20N4O3S/c1-3-22-19(26)15(12-21)11-18-24(4-2)20(27)17(28-18)8-9-23-16-7-5-6-14(10-16)13-25/h5-7,9-10,23,25H,3-4,13H2,1-2H3,(H,22,26). The maximum Gasteiger partial charge on any atom is 0.277 e. The lowest BCUT2D eigenvalue weighted by molar-refractivity contribution is -0.116. The number of amides is 1. The second-order valence-corrected chi connectivity index (χ2v) is 6.55. The minimum Gasteiger partial charge on any atom is -0.392 e. The maximum atomic E-state index is 12.5. The Bertz CT molecular complexity index is 1160. The monoisotopic (exact) mass is 396 g/mol. The van der Waals surface area contributed by atoms with Crippen molar-refractivity contribution in [2.75, 3.05) is 11.9 Å². The second kappa shape index (κ2) is 10.1. The number of likely N-dealkylation sites (N-methyl/N-ethyl adjacent to an activating group) is 1. The van der Waals surface area contributed by atoms with Crippen LogP contribution in [0.2, 0.25) is 0 Å². The van der Waals surface area contributed by atoms with E-state index in [-0.39, 0.29) is 17.7 Å². The number of benzene rings is 1. The Kier molecular flexibility index (Phi) is 7.58. The van der Waals surface area contributed by atoms with Gasteiger partial charge in [0.15, 0.2) is 5.57 Å². The fraction of sp³-hybridized carbons (Fsp3) is 0.250. The lowest BCUT2D eigenvalue weighted by Gasteiger charge is -2.01. The van der Waals surface area contributed by atoms with E-state index in [0.717, 1.165) is 22.6 Å². The second-order valence-electron chi connectivity index (χ2n) is 5.55. The van der Waals surface area contributed by atoms with Gasteiger partial charge in [0.2, 0.25) is 0 Å². The molecule has 2 rings (SSSR count). The normalized spacial score (nSPS) is 9.64. The lowest BCUT2D eigenvalue weighted by atomic mass is 10.2. The number of aliphatic hydroxyl groups excluding tert-OH is 1. The number of anilines is 1. The van der Waals surface area contributed by atoms with Gasteiger partial charge in [-0.25, -0.2) is 0 Å². The number of hydrogen-bond acceptors (Lipinski definition) is 6. The number of carbonyl (C=O) groups is 1. The van der Waals surface area contributed by atoms with Crippen LogP contribution in [0.5, 0.6) is 0 Å². The molecule has 0 bridgehead atoms. The third kappa shape index (κ3) is 5.10. The summed E-state index contributed by atoms with van der Waals surface area (Å²) in [5.41, 5.74) is 6.69. The molecule has 2 aromatic rings. The van der Waals surface area contributed by atoms with E-state index >= 15 is 0 Å². The molecule has 1 amide bonds. The summed E-state index contributed by atoms with van der Waals surface area (Å²) >= 11 is 1.10. The van der Waals surface area contributed by atoms with Crippen LogP contribution < -0.4 is 25.4 Å². The summed E-state index contributed by atoms with van der Waals surface area (Å²) < 4.78 is 2.14. The summed E-state index contributed by atoms with van der Waals surface area (Å²) in [7, 11) is 0. The van der Waals surface area contributed by atoms with Crippen molar-refractivity contribution in [3.05, 3.63) is 61.2 Å². The van der Waals surface area contributed by atoms with Crippen molar-refractivity contribution in [3.63, 3.8) is 0 Å². The Morgan fingerprint density at radius 3 is 2.82 bits per heavy atom. The maximum absolute atomic E-state index is 12.5. The molecule has 1 heterocycles. The Morgan fingerprint density at radius 2 is 2.18 bits per heavy atom. The van der Waals surface area contributed by atoms with Gasteiger partial charge in [-0.3, -0.25) is 14.2 Å². The molecule has 1 aromatic carbocycles. The summed E-state index contributed by atoms with van der Waals surface area (Å²) in [5.74, 6) is -0.528. The number of aromatic nitrogens is 1. The highest BCUT2D eigenvalue weighted by Gasteiger charge is 2.08. The highest BCUT2D eigenvalue weighted by molar-refractivity contribution is 7.07. The van der Waals surface area contributed by atoms with Crippen LogP contribution in [0.25, 0.3) is 11.5 Å². The first-order valence-corrected chi connectivity index (χ1v) is 9.46. The number of hydrogen-bond donors (Lipinski definition) is 3. The number of nitriles is 1. The Balaban J connectivity index is 2.54. The minimum atomic E-state index is -0.528. The molecule has 0 unspecified atom stereocenters. The van der Waals surface area contributed by atoms with Gasteiger partial charge in [0.1, 0.15) is 15.3 Å². The van der Waals surface area contributed by atoms with Crippen molar-refractivity contribution in [3.8, 4) is 6.07 Å². The SMILES string of the molecule is CCNC(=O)C(=C=c1sc(=C=CNc2cccc(CO)c2)c(=O)n1CC)C#N. The molecule has 8 heteroatoms. The van der Waals surface area contributed by atoms with Gasteiger partial charge in [-0.2, -0.15) is 5.26 Å². The molecular formula is C20H20N4O3S. The molecule has 0 fully saturated rings. The Morgan fingerprint density at radius 1 is 1.39 bits per heavy atom. The highest BCUT2D eigenvalue weighted by atomic mass is 32.1. The van der Waals surface area contributed by atoms with Crippen molar-refractivity contribution in [1.29, 1.82) is 5.26 Å². The predicted octanol–water partition coefficient (Wildman–Crippen LogP) is 0.393. The molecule has 0 radical (unpaired) electrons. The van der Waals surface area contributed by atoms with Gasteiger partial charge in [0.05, 0.1) is 6.61 Å². The van der Waals surface area contributed by atoms with Gasteiger partial charge >= 0.3 is 0 Å². The number of aliphatic hydroxyl groups is 1. The zero-order chi connectivity index (χ0) is 20.5. The molecule has 0 saturated heterocycles. The molecule has 0 spiro atoms.